The van der Waals surface area contributed by atoms with Gasteiger partial charge in [0.1, 0.15) is 36.1 Å². The predicted octanol–water partition coefficient (Wildman–Crippen LogP) is 10.6. The number of halogens is 2. The van der Waals surface area contributed by atoms with Gasteiger partial charge in [0.2, 0.25) is 11.8 Å². The van der Waals surface area contributed by atoms with Gasteiger partial charge in [0.05, 0.1) is 75.9 Å². The second kappa shape index (κ2) is 26.4. The lowest BCUT2D eigenvalue weighted by Crippen LogP contribution is -2.39. The Hall–Kier alpha value is -7.12. The van der Waals surface area contributed by atoms with Crippen LogP contribution in [0, 0.1) is 11.8 Å². The number of nitrogens with zero attached hydrogens (tertiary/aromatic N) is 6. The van der Waals surface area contributed by atoms with Crippen LogP contribution in [0.3, 0.4) is 0 Å². The number of hydrogen-bond donors (Lipinski definition) is 0. The molecule has 2 fully saturated rings. The second-order valence-corrected chi connectivity index (χ2v) is 20.9. The number of esters is 2. The van der Waals surface area contributed by atoms with Crippen LogP contribution in [0.2, 0.25) is 10.0 Å². The first-order valence-electron chi connectivity index (χ1n) is 27.1. The highest BCUT2D eigenvalue weighted by molar-refractivity contribution is 6.30. The molecule has 6 aromatic rings. The highest BCUT2D eigenvalue weighted by Crippen LogP contribution is 2.48. The van der Waals surface area contributed by atoms with Crippen molar-refractivity contribution in [3.05, 3.63) is 141 Å². The van der Waals surface area contributed by atoms with Gasteiger partial charge in [-0.15, -0.1) is 0 Å². The smallest absolute Gasteiger partial charge is 0.306 e. The third kappa shape index (κ3) is 12.7. The van der Waals surface area contributed by atoms with Crippen LogP contribution in [0.4, 0.5) is 0 Å². The fraction of sp³-hybridized carbons (Fsp3) is 0.433. The Morgan fingerprint density at radius 2 is 0.938 bits per heavy atom. The lowest BCUT2D eigenvalue weighted by Gasteiger charge is -2.33. The minimum absolute atomic E-state index is 0.000592. The molecule has 0 unspecified atom stereocenters. The Kier molecular flexibility index (Phi) is 19.0. The number of para-hydroxylation sites is 2. The Morgan fingerprint density at radius 1 is 0.537 bits per heavy atom. The summed E-state index contributed by atoms with van der Waals surface area (Å²) in [6.07, 6.45) is 8.84. The average Bonchev–Trinajstić information content (AvgIpc) is 4.18. The van der Waals surface area contributed by atoms with Crippen molar-refractivity contribution in [2.75, 3.05) is 67.8 Å². The minimum atomic E-state index is -0.626. The van der Waals surface area contributed by atoms with Crippen LogP contribution in [0.5, 0.6) is 23.0 Å². The molecule has 80 heavy (non-hydrogen) atoms. The van der Waals surface area contributed by atoms with E-state index in [1.807, 2.05) is 118 Å². The number of pyridine rings is 2. The Morgan fingerprint density at radius 3 is 1.30 bits per heavy atom. The van der Waals surface area contributed by atoms with Crippen molar-refractivity contribution >= 4 is 47.0 Å². The monoisotopic (exact) mass is 1130 g/mol. The third-order valence-electron chi connectivity index (χ3n) is 15.2. The van der Waals surface area contributed by atoms with Gasteiger partial charge in [-0.3, -0.25) is 19.2 Å². The summed E-state index contributed by atoms with van der Waals surface area (Å²) in [6, 6.07) is 22.7. The molecule has 0 spiro atoms. The number of ether oxygens (including phenoxy) is 8. The molecule has 4 aliphatic rings. The first kappa shape index (κ1) is 57.6. The standard InChI is InChI=1S/2C30H34ClN3O6/c2*1-4-39-27(36)15-19-10-13-33(14-11-19)26(35)17-25-23-8-6-12-34(23)30-22(16-20(31)18-32-30)28(40-25)21-7-5-9-24(37-2)29(21)38-3/h2*5-9,12,16,18-19,25,28H,4,10-11,13-15,17H2,1-3H3/t2*25-,28-/m10/s1. The molecule has 4 aliphatic heterocycles. The van der Waals surface area contributed by atoms with Crippen molar-refractivity contribution in [1.29, 1.82) is 0 Å². The molecule has 0 bridgehead atoms. The number of benzene rings is 2. The van der Waals surface area contributed by atoms with Gasteiger partial charge in [0.15, 0.2) is 23.0 Å². The fourth-order valence-electron chi connectivity index (χ4n) is 11.3. The van der Waals surface area contributed by atoms with Crippen LogP contribution in [0.25, 0.3) is 11.6 Å². The zero-order valence-electron chi connectivity index (χ0n) is 45.9. The van der Waals surface area contributed by atoms with E-state index in [0.717, 1.165) is 59.3 Å². The number of carbonyl (C=O) groups is 4. The molecule has 0 saturated carbocycles. The Bertz CT molecular complexity index is 2940. The Labute approximate surface area is 476 Å². The summed E-state index contributed by atoms with van der Waals surface area (Å²) in [6.45, 7) is 6.78. The normalized spacial score (nSPS) is 18.9. The van der Waals surface area contributed by atoms with Crippen LogP contribution in [0.15, 0.2) is 97.6 Å². The van der Waals surface area contributed by atoms with E-state index < -0.39 is 24.4 Å². The number of piperidine rings is 2. The van der Waals surface area contributed by atoms with Gasteiger partial charge >= 0.3 is 11.9 Å². The fourth-order valence-corrected chi connectivity index (χ4v) is 11.6. The zero-order chi connectivity index (χ0) is 56.5. The van der Waals surface area contributed by atoms with Gasteiger partial charge < -0.3 is 56.8 Å². The Balaban J connectivity index is 0.000000194. The van der Waals surface area contributed by atoms with Crippen LogP contribution >= 0.6 is 23.2 Å². The van der Waals surface area contributed by atoms with E-state index in [-0.39, 0.29) is 48.4 Å². The van der Waals surface area contributed by atoms with Gasteiger partial charge in [-0.25, -0.2) is 9.97 Å². The van der Waals surface area contributed by atoms with E-state index in [2.05, 4.69) is 9.97 Å². The van der Waals surface area contributed by atoms with E-state index in [0.29, 0.717) is 96.9 Å². The predicted molar refractivity (Wildman–Crippen MR) is 298 cm³/mol. The molecule has 2 amide bonds. The van der Waals surface area contributed by atoms with Gasteiger partial charge in [0.25, 0.3) is 0 Å². The summed E-state index contributed by atoms with van der Waals surface area (Å²) in [7, 11) is 6.35. The number of methoxy groups -OCH3 is 4. The SMILES string of the molecule is CCOC(=O)CC1CCN(C(=O)C[C@@H]2O[C@@H](c3cccc(OC)c3OC)c3cc(Cl)cnc3-n3cccc32)CC1.CCOC(=O)CC1CCN(C(=O)C[C@H]2O[C@H](c3cccc(OC)c3OC)c3cc(Cl)cnc3-n3cccc32)CC1. The summed E-state index contributed by atoms with van der Waals surface area (Å²) < 4.78 is 50.4. The molecule has 20 heteroatoms. The summed E-state index contributed by atoms with van der Waals surface area (Å²) in [4.78, 5) is 64.1. The van der Waals surface area contributed by atoms with E-state index in [1.165, 1.54) is 0 Å². The van der Waals surface area contributed by atoms with Crippen molar-refractivity contribution < 1.29 is 57.1 Å². The van der Waals surface area contributed by atoms with Crippen molar-refractivity contribution in [3.8, 4) is 34.6 Å². The van der Waals surface area contributed by atoms with Crippen LogP contribution < -0.4 is 18.9 Å². The molecular formula is C60H68Cl2N6O12. The minimum Gasteiger partial charge on any atom is -0.493 e. The van der Waals surface area contributed by atoms with Crippen molar-refractivity contribution in [2.24, 2.45) is 11.8 Å². The maximum Gasteiger partial charge on any atom is 0.306 e. The number of fused-ring (bicyclic) bond motifs is 6. The molecule has 2 aromatic carbocycles. The summed E-state index contributed by atoms with van der Waals surface area (Å²) >= 11 is 12.9. The molecule has 4 aromatic heterocycles. The van der Waals surface area contributed by atoms with Gasteiger partial charge in [-0.1, -0.05) is 47.5 Å². The molecule has 18 nitrogen and oxygen atoms in total. The molecule has 424 valence electrons. The summed E-state index contributed by atoms with van der Waals surface area (Å²) in [5.41, 5.74) is 4.65. The molecule has 10 rings (SSSR count). The lowest BCUT2D eigenvalue weighted by molar-refractivity contribution is -0.146. The topological polar surface area (TPSA) is 184 Å². The van der Waals surface area contributed by atoms with E-state index in [4.69, 9.17) is 61.1 Å². The van der Waals surface area contributed by atoms with E-state index in [1.54, 1.807) is 40.8 Å². The highest BCUT2D eigenvalue weighted by atomic mass is 35.5. The highest BCUT2D eigenvalue weighted by Gasteiger charge is 2.38. The molecule has 8 heterocycles. The van der Waals surface area contributed by atoms with Crippen LogP contribution in [0.1, 0.15) is 123 Å². The number of hydrogen-bond acceptors (Lipinski definition) is 14. The van der Waals surface area contributed by atoms with Gasteiger partial charge in [-0.05, 0) is 99.9 Å². The van der Waals surface area contributed by atoms with Crippen molar-refractivity contribution in [2.45, 2.75) is 89.6 Å². The number of aromatic nitrogens is 4. The number of rotatable bonds is 16. The first-order valence-corrected chi connectivity index (χ1v) is 27.9. The summed E-state index contributed by atoms with van der Waals surface area (Å²) in [5.74, 6) is 3.69. The average molecular weight is 1140 g/mol. The van der Waals surface area contributed by atoms with Gasteiger partial charge in [-0.2, -0.15) is 0 Å². The summed E-state index contributed by atoms with van der Waals surface area (Å²) in [5, 5.41) is 0.950. The molecular weight excluding hydrogens is 1070 g/mol. The first-order chi connectivity index (χ1) is 38.9. The van der Waals surface area contributed by atoms with Crippen LogP contribution in [-0.4, -0.2) is 120 Å². The number of carbonyl (C=O) groups excluding carboxylic acids is 4. The van der Waals surface area contributed by atoms with E-state index in [9.17, 15) is 19.2 Å². The lowest BCUT2D eigenvalue weighted by atomic mass is 9.93. The zero-order valence-corrected chi connectivity index (χ0v) is 47.5. The molecule has 0 N–H and O–H groups in total. The van der Waals surface area contributed by atoms with Crippen molar-refractivity contribution in [1.82, 2.24) is 28.9 Å². The quantitative estimate of drug-likeness (QED) is 0.0834. The maximum atomic E-state index is 13.6. The largest absolute Gasteiger partial charge is 0.493 e. The molecule has 4 atom stereocenters. The molecule has 0 radical (unpaired) electrons. The van der Waals surface area contributed by atoms with Crippen molar-refractivity contribution in [3.63, 3.8) is 0 Å². The molecule has 0 aliphatic carbocycles. The second-order valence-electron chi connectivity index (χ2n) is 20.0. The van der Waals surface area contributed by atoms with Crippen LogP contribution in [-0.2, 0) is 38.1 Å². The third-order valence-corrected chi connectivity index (χ3v) is 15.6. The maximum absolute atomic E-state index is 13.6. The number of likely N-dealkylation sites (tertiary alicyclic amines) is 2. The van der Waals surface area contributed by atoms with Gasteiger partial charge in [0, 0.05) is 86.1 Å². The number of amides is 2. The molecule has 2 saturated heterocycles. The van der Waals surface area contributed by atoms with E-state index >= 15 is 0 Å².